The van der Waals surface area contributed by atoms with Gasteiger partial charge in [-0.3, -0.25) is 4.79 Å². The molecule has 1 heterocycles. The van der Waals surface area contributed by atoms with Crippen LogP contribution in [-0.2, 0) is 15.4 Å². The summed E-state index contributed by atoms with van der Waals surface area (Å²) in [4.78, 5) is 14.2. The molecule has 4 nitrogen and oxygen atoms in total. The second-order valence-electron chi connectivity index (χ2n) is 9.30. The van der Waals surface area contributed by atoms with Crippen molar-refractivity contribution in [2.75, 3.05) is 0 Å². The van der Waals surface area contributed by atoms with Gasteiger partial charge in [-0.1, -0.05) is 117 Å². The van der Waals surface area contributed by atoms with E-state index in [1.165, 1.54) is 0 Å². The molecule has 0 saturated carbocycles. The Labute approximate surface area is 233 Å². The van der Waals surface area contributed by atoms with Gasteiger partial charge in [-0.25, -0.2) is 8.42 Å². The van der Waals surface area contributed by atoms with E-state index < -0.39 is 37.6 Å². The number of sulfone groups is 1. The lowest BCUT2D eigenvalue weighted by Gasteiger charge is -2.47. The van der Waals surface area contributed by atoms with E-state index in [1.54, 1.807) is 103 Å². The number of benzene rings is 4. The smallest absolute Gasteiger partial charge is 0.170 e. The van der Waals surface area contributed by atoms with Gasteiger partial charge in [0.1, 0.15) is 10.9 Å². The van der Waals surface area contributed by atoms with E-state index in [4.69, 9.17) is 0 Å². The zero-order chi connectivity index (χ0) is 26.2. The Kier molecular flexibility index (Phi) is 7.24. The van der Waals surface area contributed by atoms with Crippen LogP contribution in [0.2, 0.25) is 0 Å². The number of hydrogen-bond acceptors (Lipinski definition) is 4. The van der Waals surface area contributed by atoms with E-state index >= 15 is 0 Å². The number of ketones is 1. The van der Waals surface area contributed by atoms with Gasteiger partial charge in [-0.15, -0.1) is 0 Å². The normalized spacial score (nSPS) is 24.9. The van der Waals surface area contributed by atoms with Crippen molar-refractivity contribution in [1.29, 1.82) is 0 Å². The summed E-state index contributed by atoms with van der Waals surface area (Å²) in [6.07, 6.45) is -0.142. The summed E-state index contributed by atoms with van der Waals surface area (Å²) in [5, 5.41) is 10.3. The van der Waals surface area contributed by atoms with Crippen molar-refractivity contribution in [2.24, 2.45) is 5.92 Å². The van der Waals surface area contributed by atoms with Crippen LogP contribution in [0.15, 0.2) is 118 Å². The Morgan fingerprint density at radius 1 is 0.730 bits per heavy atom. The third-order valence-corrected chi connectivity index (χ3v) is 10.7. The van der Waals surface area contributed by atoms with Crippen LogP contribution in [0, 0.1) is 5.92 Å². The highest BCUT2D eigenvalue weighted by molar-refractivity contribution is 9.10. The highest BCUT2D eigenvalue weighted by Gasteiger charge is 2.59. The fraction of sp³-hybridized carbons (Fsp3) is 0.167. The van der Waals surface area contributed by atoms with Crippen LogP contribution >= 0.6 is 31.9 Å². The van der Waals surface area contributed by atoms with E-state index in [0.717, 1.165) is 8.95 Å². The van der Waals surface area contributed by atoms with Crippen molar-refractivity contribution in [2.45, 2.75) is 22.5 Å². The first-order chi connectivity index (χ1) is 17.7. The molecule has 4 aromatic carbocycles. The highest BCUT2D eigenvalue weighted by atomic mass is 79.9. The Balaban J connectivity index is 1.79. The van der Waals surface area contributed by atoms with Gasteiger partial charge in [0.2, 0.25) is 0 Å². The zero-order valence-electron chi connectivity index (χ0n) is 19.7. The zero-order valence-corrected chi connectivity index (χ0v) is 23.7. The second kappa shape index (κ2) is 10.3. The summed E-state index contributed by atoms with van der Waals surface area (Å²) >= 11 is 6.84. The van der Waals surface area contributed by atoms with Crippen LogP contribution in [0.3, 0.4) is 0 Å². The minimum atomic E-state index is -3.99. The molecule has 1 N–H and O–H groups in total. The molecule has 37 heavy (non-hydrogen) atoms. The van der Waals surface area contributed by atoms with Gasteiger partial charge in [-0.2, -0.15) is 0 Å². The number of carbonyl (C=O) groups is 1. The quantitative estimate of drug-likeness (QED) is 0.235. The van der Waals surface area contributed by atoms with Crippen LogP contribution < -0.4 is 0 Å². The number of Topliss-reactive ketones (excluding diaryl/α,β-unsaturated/α-hetero) is 1. The van der Waals surface area contributed by atoms with Gasteiger partial charge < -0.3 is 5.11 Å². The standard InChI is InChI=1S/C30H24Br2O4S/c31-24-15-11-20(12-16-24)26-19-30(34,23-9-5-2-6-10-23)27(28(33)21-7-3-1-4-8-21)29(37(26,35)36)22-13-17-25(32)18-14-22/h1-18,26-27,29,34H,19H2. The van der Waals surface area contributed by atoms with Gasteiger partial charge in [0, 0.05) is 20.9 Å². The van der Waals surface area contributed by atoms with Gasteiger partial charge in [-0.05, 0) is 41.0 Å². The molecule has 188 valence electrons. The van der Waals surface area contributed by atoms with E-state index in [-0.39, 0.29) is 6.42 Å². The molecule has 0 aromatic heterocycles. The molecule has 0 radical (unpaired) electrons. The fourth-order valence-corrected chi connectivity index (χ4v) is 8.49. The first kappa shape index (κ1) is 26.0. The molecule has 4 aromatic rings. The maximum Gasteiger partial charge on any atom is 0.170 e. The molecule has 1 saturated heterocycles. The maximum absolute atomic E-state index is 14.5. The third kappa shape index (κ3) is 4.86. The van der Waals surface area contributed by atoms with Gasteiger partial charge in [0.25, 0.3) is 0 Å². The number of rotatable bonds is 5. The van der Waals surface area contributed by atoms with E-state index in [9.17, 15) is 18.3 Å². The van der Waals surface area contributed by atoms with Crippen molar-refractivity contribution in [3.05, 3.63) is 140 Å². The van der Waals surface area contributed by atoms with Gasteiger partial charge in [0.15, 0.2) is 15.6 Å². The summed E-state index contributed by atoms with van der Waals surface area (Å²) in [6.45, 7) is 0. The minimum Gasteiger partial charge on any atom is -0.384 e. The summed E-state index contributed by atoms with van der Waals surface area (Å²) < 4.78 is 30.5. The van der Waals surface area contributed by atoms with Crippen LogP contribution in [0.25, 0.3) is 0 Å². The molecule has 0 aliphatic carbocycles. The Morgan fingerprint density at radius 2 is 1.22 bits per heavy atom. The molecule has 1 fully saturated rings. The van der Waals surface area contributed by atoms with Crippen molar-refractivity contribution in [3.63, 3.8) is 0 Å². The average molecular weight is 640 g/mol. The van der Waals surface area contributed by atoms with Crippen LogP contribution in [0.1, 0.15) is 44.0 Å². The Hall–Kier alpha value is -2.58. The molecular weight excluding hydrogens is 616 g/mol. The number of hydrogen-bond donors (Lipinski definition) is 1. The summed E-state index contributed by atoms with van der Waals surface area (Å²) in [5.41, 5.74) is 0.179. The number of halogens is 2. The topological polar surface area (TPSA) is 71.4 Å². The lowest BCUT2D eigenvalue weighted by Crippen LogP contribution is -2.51. The van der Waals surface area contributed by atoms with E-state index in [1.807, 2.05) is 6.07 Å². The molecule has 0 amide bonds. The molecular formula is C30H24Br2O4S. The van der Waals surface area contributed by atoms with E-state index in [2.05, 4.69) is 31.9 Å². The molecule has 7 heteroatoms. The maximum atomic E-state index is 14.5. The number of aliphatic hydroxyl groups is 1. The van der Waals surface area contributed by atoms with Crippen LogP contribution in [-0.4, -0.2) is 19.3 Å². The monoisotopic (exact) mass is 638 g/mol. The summed E-state index contributed by atoms with van der Waals surface area (Å²) in [7, 11) is -3.99. The third-order valence-electron chi connectivity index (χ3n) is 7.12. The lowest BCUT2D eigenvalue weighted by atomic mass is 9.70. The fourth-order valence-electron chi connectivity index (χ4n) is 5.32. The predicted molar refractivity (Wildman–Crippen MR) is 152 cm³/mol. The Bertz CT molecular complexity index is 1510. The molecule has 0 spiro atoms. The first-order valence-corrected chi connectivity index (χ1v) is 15.0. The largest absolute Gasteiger partial charge is 0.384 e. The van der Waals surface area contributed by atoms with Gasteiger partial charge >= 0.3 is 0 Å². The Morgan fingerprint density at radius 3 is 1.76 bits per heavy atom. The van der Waals surface area contributed by atoms with Crippen molar-refractivity contribution >= 4 is 47.5 Å². The molecule has 1 aliphatic heterocycles. The van der Waals surface area contributed by atoms with Crippen molar-refractivity contribution in [3.8, 4) is 0 Å². The van der Waals surface area contributed by atoms with Crippen LogP contribution in [0.4, 0.5) is 0 Å². The number of carbonyl (C=O) groups excluding carboxylic acids is 1. The van der Waals surface area contributed by atoms with Crippen LogP contribution in [0.5, 0.6) is 0 Å². The molecule has 5 rings (SSSR count). The van der Waals surface area contributed by atoms with Crippen molar-refractivity contribution in [1.82, 2.24) is 0 Å². The molecule has 4 atom stereocenters. The van der Waals surface area contributed by atoms with Gasteiger partial charge in [0.05, 0.1) is 11.2 Å². The summed E-state index contributed by atoms with van der Waals surface area (Å²) in [5.74, 6) is -1.66. The lowest BCUT2D eigenvalue weighted by molar-refractivity contribution is -0.0311. The average Bonchev–Trinajstić information content (AvgIpc) is 2.91. The minimum absolute atomic E-state index is 0.142. The summed E-state index contributed by atoms with van der Waals surface area (Å²) in [6, 6.07) is 31.6. The molecule has 1 aliphatic rings. The SMILES string of the molecule is O=C(c1ccccc1)C1C(c2ccc(Br)cc2)S(=O)(=O)C(c2ccc(Br)cc2)CC1(O)c1ccccc1. The first-order valence-electron chi connectivity index (χ1n) is 11.8. The van der Waals surface area contributed by atoms with Crippen molar-refractivity contribution < 1.29 is 18.3 Å². The predicted octanol–water partition coefficient (Wildman–Crippen LogP) is 7.20. The van der Waals surface area contributed by atoms with E-state index in [0.29, 0.717) is 22.3 Å². The molecule has 0 bridgehead atoms. The molecule has 4 unspecified atom stereocenters. The highest BCUT2D eigenvalue weighted by Crippen LogP contribution is 2.56. The second-order valence-corrected chi connectivity index (χ2v) is 13.4.